The standard InChI is InChI=1S/C22H27N3O5S/c1-16(26)23-17-11-12-21(30-2)20(14-17)24-22(27)15-18-8-6-7-13-25(18)31(28,29)19-9-4-3-5-10-19/h3-5,9-12,14,18H,6-8,13,15H2,1-2H3,(H,23,26)(H,24,27)/t18-/m1/s1. The number of hydrogen-bond donors (Lipinski definition) is 2. The average Bonchev–Trinajstić information content (AvgIpc) is 2.74. The van der Waals surface area contributed by atoms with E-state index in [1.807, 2.05) is 0 Å². The minimum atomic E-state index is -3.68. The van der Waals surface area contributed by atoms with Crippen LogP contribution < -0.4 is 15.4 Å². The molecule has 0 aliphatic carbocycles. The molecule has 2 N–H and O–H groups in total. The Bertz CT molecular complexity index is 1040. The van der Waals surface area contributed by atoms with Crippen molar-refractivity contribution < 1.29 is 22.7 Å². The van der Waals surface area contributed by atoms with Gasteiger partial charge in [0.05, 0.1) is 17.7 Å². The molecule has 31 heavy (non-hydrogen) atoms. The minimum Gasteiger partial charge on any atom is -0.495 e. The van der Waals surface area contributed by atoms with E-state index in [0.29, 0.717) is 30.1 Å². The van der Waals surface area contributed by atoms with Crippen molar-refractivity contribution in [2.45, 2.75) is 43.5 Å². The molecule has 0 saturated carbocycles. The largest absolute Gasteiger partial charge is 0.495 e. The van der Waals surface area contributed by atoms with E-state index in [2.05, 4.69) is 10.6 Å². The monoisotopic (exact) mass is 445 g/mol. The summed E-state index contributed by atoms with van der Waals surface area (Å²) in [4.78, 5) is 24.4. The first kappa shape index (κ1) is 22.8. The van der Waals surface area contributed by atoms with Crippen LogP contribution in [0.1, 0.15) is 32.6 Å². The van der Waals surface area contributed by atoms with Crippen LogP contribution in [-0.4, -0.2) is 44.2 Å². The fourth-order valence-electron chi connectivity index (χ4n) is 3.72. The van der Waals surface area contributed by atoms with Crippen molar-refractivity contribution in [3.63, 3.8) is 0 Å². The van der Waals surface area contributed by atoms with Crippen LogP contribution >= 0.6 is 0 Å². The summed E-state index contributed by atoms with van der Waals surface area (Å²) in [7, 11) is -2.20. The summed E-state index contributed by atoms with van der Waals surface area (Å²) >= 11 is 0. The van der Waals surface area contributed by atoms with Gasteiger partial charge in [-0.25, -0.2) is 8.42 Å². The first-order valence-electron chi connectivity index (χ1n) is 10.1. The Morgan fingerprint density at radius 3 is 2.52 bits per heavy atom. The summed E-state index contributed by atoms with van der Waals surface area (Å²) in [5.74, 6) is -0.107. The molecule has 2 aromatic carbocycles. The van der Waals surface area contributed by atoms with Crippen molar-refractivity contribution in [2.75, 3.05) is 24.3 Å². The number of piperidine rings is 1. The molecule has 1 aliphatic rings. The van der Waals surface area contributed by atoms with Crippen LogP contribution in [-0.2, 0) is 19.6 Å². The summed E-state index contributed by atoms with van der Waals surface area (Å²) < 4.78 is 33.0. The predicted octanol–water partition coefficient (Wildman–Crippen LogP) is 3.23. The average molecular weight is 446 g/mol. The fraction of sp³-hybridized carbons (Fsp3) is 0.364. The zero-order chi connectivity index (χ0) is 22.4. The van der Waals surface area contributed by atoms with E-state index in [1.165, 1.54) is 18.3 Å². The number of nitrogens with zero attached hydrogens (tertiary/aromatic N) is 1. The Balaban J connectivity index is 1.76. The number of nitrogens with one attached hydrogen (secondary N) is 2. The first-order chi connectivity index (χ1) is 14.8. The van der Waals surface area contributed by atoms with Crippen molar-refractivity contribution in [1.29, 1.82) is 0 Å². The van der Waals surface area contributed by atoms with Crippen LogP contribution in [0, 0.1) is 0 Å². The Morgan fingerprint density at radius 1 is 1.10 bits per heavy atom. The summed E-state index contributed by atoms with van der Waals surface area (Å²) in [5.41, 5.74) is 0.932. The van der Waals surface area contributed by atoms with Crippen molar-refractivity contribution in [2.24, 2.45) is 0 Å². The van der Waals surface area contributed by atoms with E-state index in [9.17, 15) is 18.0 Å². The van der Waals surface area contributed by atoms with Crippen molar-refractivity contribution in [1.82, 2.24) is 4.31 Å². The van der Waals surface area contributed by atoms with Gasteiger partial charge in [0.2, 0.25) is 21.8 Å². The molecule has 0 aromatic heterocycles. The molecule has 0 radical (unpaired) electrons. The van der Waals surface area contributed by atoms with Gasteiger partial charge < -0.3 is 15.4 Å². The molecule has 0 bridgehead atoms. The Hall–Kier alpha value is -2.91. The Morgan fingerprint density at radius 2 is 1.84 bits per heavy atom. The number of rotatable bonds is 7. The second-order valence-electron chi connectivity index (χ2n) is 7.43. The Kier molecular flexibility index (Phi) is 7.29. The van der Waals surface area contributed by atoms with Gasteiger partial charge in [-0.3, -0.25) is 9.59 Å². The van der Waals surface area contributed by atoms with E-state index in [4.69, 9.17) is 4.74 Å². The number of benzene rings is 2. The van der Waals surface area contributed by atoms with E-state index < -0.39 is 16.1 Å². The number of carbonyl (C=O) groups is 2. The number of methoxy groups -OCH3 is 1. The highest BCUT2D eigenvalue weighted by Crippen LogP contribution is 2.30. The summed E-state index contributed by atoms with van der Waals surface area (Å²) in [6, 6.07) is 12.8. The van der Waals surface area contributed by atoms with Crippen molar-refractivity contribution >= 4 is 33.2 Å². The van der Waals surface area contributed by atoms with Gasteiger partial charge in [0.15, 0.2) is 0 Å². The lowest BCUT2D eigenvalue weighted by Gasteiger charge is -2.34. The highest BCUT2D eigenvalue weighted by molar-refractivity contribution is 7.89. The quantitative estimate of drug-likeness (QED) is 0.681. The molecule has 166 valence electrons. The molecule has 1 fully saturated rings. The lowest BCUT2D eigenvalue weighted by Crippen LogP contribution is -2.45. The molecule has 0 unspecified atom stereocenters. The molecule has 2 aromatic rings. The molecule has 1 aliphatic heterocycles. The third-order valence-corrected chi connectivity index (χ3v) is 7.10. The number of sulfonamides is 1. The van der Waals surface area contributed by atoms with E-state index in [1.54, 1.807) is 48.5 Å². The topological polar surface area (TPSA) is 105 Å². The lowest BCUT2D eigenvalue weighted by molar-refractivity contribution is -0.117. The normalized spacial score (nSPS) is 17.0. The molecular weight excluding hydrogens is 418 g/mol. The van der Waals surface area contributed by atoms with E-state index in [-0.39, 0.29) is 23.1 Å². The molecular formula is C22H27N3O5S. The van der Waals surface area contributed by atoms with Crippen LogP contribution in [0.15, 0.2) is 53.4 Å². The van der Waals surface area contributed by atoms with Crippen molar-refractivity contribution in [3.05, 3.63) is 48.5 Å². The molecule has 9 heteroatoms. The second kappa shape index (κ2) is 9.93. The maximum Gasteiger partial charge on any atom is 0.243 e. The highest BCUT2D eigenvalue weighted by atomic mass is 32.2. The molecule has 2 amide bonds. The highest BCUT2D eigenvalue weighted by Gasteiger charge is 2.34. The fourth-order valence-corrected chi connectivity index (χ4v) is 5.44. The summed E-state index contributed by atoms with van der Waals surface area (Å²) in [6.45, 7) is 1.78. The first-order valence-corrected chi connectivity index (χ1v) is 11.6. The van der Waals surface area contributed by atoms with Crippen molar-refractivity contribution in [3.8, 4) is 5.75 Å². The third kappa shape index (κ3) is 5.62. The summed E-state index contributed by atoms with van der Waals surface area (Å²) in [5, 5.41) is 5.46. The van der Waals surface area contributed by atoms with Gasteiger partial charge in [0, 0.05) is 31.6 Å². The van der Waals surface area contributed by atoms with Gasteiger partial charge in [0.25, 0.3) is 0 Å². The number of hydrogen-bond acceptors (Lipinski definition) is 5. The maximum absolute atomic E-state index is 13.1. The lowest BCUT2D eigenvalue weighted by atomic mass is 10.0. The molecule has 1 saturated heterocycles. The molecule has 0 spiro atoms. The predicted molar refractivity (Wildman–Crippen MR) is 119 cm³/mol. The molecule has 8 nitrogen and oxygen atoms in total. The van der Waals surface area contributed by atoms with Crippen LogP contribution in [0.2, 0.25) is 0 Å². The van der Waals surface area contributed by atoms with Crippen LogP contribution in [0.25, 0.3) is 0 Å². The third-order valence-electron chi connectivity index (χ3n) is 5.14. The van der Waals surface area contributed by atoms with Gasteiger partial charge >= 0.3 is 0 Å². The SMILES string of the molecule is COc1ccc(NC(C)=O)cc1NC(=O)C[C@H]1CCCCN1S(=O)(=O)c1ccccc1. The van der Waals surface area contributed by atoms with Gasteiger partial charge in [-0.1, -0.05) is 24.6 Å². The summed E-state index contributed by atoms with van der Waals surface area (Å²) in [6.07, 6.45) is 2.26. The smallest absolute Gasteiger partial charge is 0.243 e. The van der Waals surface area contributed by atoms with Crippen LogP contribution in [0.5, 0.6) is 5.75 Å². The minimum absolute atomic E-state index is 0.0274. The number of anilines is 2. The van der Waals surface area contributed by atoms with Gasteiger partial charge in [0.1, 0.15) is 5.75 Å². The van der Waals surface area contributed by atoms with E-state index in [0.717, 1.165) is 12.8 Å². The molecule has 1 heterocycles. The zero-order valence-electron chi connectivity index (χ0n) is 17.6. The van der Waals surface area contributed by atoms with E-state index >= 15 is 0 Å². The van der Waals surface area contributed by atoms with Crippen LogP contribution in [0.4, 0.5) is 11.4 Å². The van der Waals surface area contributed by atoms with Crippen LogP contribution in [0.3, 0.4) is 0 Å². The molecule has 1 atom stereocenters. The maximum atomic E-state index is 13.1. The number of carbonyl (C=O) groups excluding carboxylic acids is 2. The van der Waals surface area contributed by atoms with Gasteiger partial charge in [-0.15, -0.1) is 0 Å². The Labute approximate surface area is 182 Å². The number of ether oxygens (including phenoxy) is 1. The molecule has 3 rings (SSSR count). The van der Waals surface area contributed by atoms with Gasteiger partial charge in [-0.2, -0.15) is 4.31 Å². The zero-order valence-corrected chi connectivity index (χ0v) is 18.4. The number of amides is 2. The van der Waals surface area contributed by atoms with Gasteiger partial charge in [-0.05, 0) is 43.2 Å². The second-order valence-corrected chi connectivity index (χ2v) is 9.32.